The number of aromatic nitrogens is 4. The molecule has 0 fully saturated rings. The molecule has 4 aromatic rings. The fraction of sp³-hybridized carbons (Fsp3) is 0.158. The van der Waals surface area contributed by atoms with Crippen molar-refractivity contribution in [3.8, 4) is 17.2 Å². The minimum atomic E-state index is -4.63. The quantitative estimate of drug-likeness (QED) is 0.226. The molecule has 11 nitrogen and oxygen atoms in total. The van der Waals surface area contributed by atoms with Gasteiger partial charge in [-0.25, -0.2) is 23.6 Å². The Morgan fingerprint density at radius 2 is 2.12 bits per heavy atom. The fourth-order valence-corrected chi connectivity index (χ4v) is 3.89. The number of pyridine rings is 2. The number of rotatable bonds is 9. The number of anilines is 1. The third kappa shape index (κ3) is 6.35. The first-order chi connectivity index (χ1) is 15.8. The molecule has 0 aliphatic rings. The molecule has 0 saturated carbocycles. The van der Waals surface area contributed by atoms with Crippen molar-refractivity contribution in [2.45, 2.75) is 19.8 Å². The van der Waals surface area contributed by atoms with Gasteiger partial charge in [0, 0.05) is 30.1 Å². The molecule has 4 rings (SSSR count). The number of ether oxygens (including phenoxy) is 1. The van der Waals surface area contributed by atoms with Crippen LogP contribution in [-0.4, -0.2) is 24.9 Å². The number of hydrogen-bond acceptors (Lipinski definition) is 9. The first kappa shape index (κ1) is 23.3. The van der Waals surface area contributed by atoms with E-state index in [9.17, 15) is 4.57 Å². The number of hydrogen-bond donors (Lipinski definition) is 3. The van der Waals surface area contributed by atoms with Crippen molar-refractivity contribution in [3.05, 3.63) is 69.5 Å². The van der Waals surface area contributed by atoms with Crippen LogP contribution in [0.15, 0.2) is 52.6 Å². The summed E-state index contributed by atoms with van der Waals surface area (Å²) in [6, 6.07) is 8.71. The van der Waals surface area contributed by atoms with E-state index < -0.39 is 14.6 Å². The first-order valence-corrected chi connectivity index (χ1v) is 12.2. The van der Waals surface area contributed by atoms with E-state index in [1.807, 2.05) is 11.4 Å². The van der Waals surface area contributed by atoms with Crippen LogP contribution in [0.4, 0.5) is 5.82 Å². The zero-order valence-corrected chi connectivity index (χ0v) is 19.3. The van der Waals surface area contributed by atoms with Gasteiger partial charge >= 0.3 is 7.82 Å². The molecule has 0 amide bonds. The van der Waals surface area contributed by atoms with Gasteiger partial charge in [-0.15, -0.1) is 11.3 Å². The molecule has 0 aliphatic carbocycles. The molecule has 4 aromatic heterocycles. The molecular formula is C19H18ClN5O6PS+. The topological polar surface area (TPSA) is 158 Å². The smallest absolute Gasteiger partial charge is 0.471 e. The average Bonchev–Trinajstić information content (AvgIpc) is 3.41. The lowest BCUT2D eigenvalue weighted by molar-refractivity contribution is -0.711. The van der Waals surface area contributed by atoms with E-state index in [1.165, 1.54) is 22.1 Å². The van der Waals surface area contributed by atoms with Crippen LogP contribution in [0.5, 0.6) is 5.88 Å². The zero-order valence-electron chi connectivity index (χ0n) is 16.9. The van der Waals surface area contributed by atoms with E-state index in [1.54, 1.807) is 30.5 Å². The minimum Gasteiger partial charge on any atom is -0.471 e. The maximum atomic E-state index is 10.9. The Balaban J connectivity index is 1.40. The molecule has 0 saturated heterocycles. The predicted octanol–water partition coefficient (Wildman–Crippen LogP) is 2.95. The summed E-state index contributed by atoms with van der Waals surface area (Å²) in [7, 11) is -4.63. The van der Waals surface area contributed by atoms with Gasteiger partial charge in [0.25, 0.3) is 5.82 Å². The summed E-state index contributed by atoms with van der Waals surface area (Å²) < 4.78 is 28.3. The monoisotopic (exact) mass is 510 g/mol. The van der Waals surface area contributed by atoms with Gasteiger partial charge in [0.05, 0.1) is 17.6 Å². The second-order valence-corrected chi connectivity index (χ2v) is 9.45. The van der Waals surface area contributed by atoms with E-state index in [4.69, 9.17) is 36.4 Å². The Labute approximate surface area is 196 Å². The summed E-state index contributed by atoms with van der Waals surface area (Å²) in [6.45, 7) is -0.138. The lowest BCUT2D eigenvalue weighted by Gasteiger charge is -2.07. The molecule has 33 heavy (non-hydrogen) atoms. The molecule has 0 unspecified atom stereocenters. The number of nitrogens with two attached hydrogens (primary N) is 1. The van der Waals surface area contributed by atoms with E-state index in [2.05, 4.69) is 19.6 Å². The first-order valence-electron chi connectivity index (χ1n) is 9.38. The molecular weight excluding hydrogens is 493 g/mol. The third-order valence-electron chi connectivity index (χ3n) is 4.38. The van der Waals surface area contributed by atoms with Crippen molar-refractivity contribution in [3.63, 3.8) is 0 Å². The van der Waals surface area contributed by atoms with Crippen molar-refractivity contribution < 1.29 is 32.7 Å². The van der Waals surface area contributed by atoms with E-state index >= 15 is 0 Å². The summed E-state index contributed by atoms with van der Waals surface area (Å²) in [5.41, 5.74) is 8.89. The largest absolute Gasteiger partial charge is 0.472 e. The molecule has 4 N–H and O–H groups in total. The van der Waals surface area contributed by atoms with Gasteiger partial charge in [0.15, 0.2) is 10.2 Å². The standard InChI is InChI=1S/C19H17ClN5O6PS/c20-19-23-14(10-33-19)9-29-17-4-3-12(8-22-17)6-13-7-16(31-24-13)15-2-1-5-25(18(15)21)11-30-32(26,27)28/h1-5,7-8,10,21H,6,9,11H2,(H2,26,27,28)/p+1. The predicted molar refractivity (Wildman–Crippen MR) is 118 cm³/mol. The van der Waals surface area contributed by atoms with Crippen LogP contribution in [0.25, 0.3) is 11.3 Å². The van der Waals surface area contributed by atoms with Gasteiger partial charge in [0.2, 0.25) is 12.6 Å². The van der Waals surface area contributed by atoms with Crippen LogP contribution in [0.3, 0.4) is 0 Å². The summed E-state index contributed by atoms with van der Waals surface area (Å²) in [4.78, 5) is 26.2. The fourth-order valence-electron chi connectivity index (χ4n) is 2.85. The highest BCUT2D eigenvalue weighted by Crippen LogP contribution is 2.35. The number of nitrogen functional groups attached to an aromatic ring is 1. The molecule has 0 bridgehead atoms. The van der Waals surface area contributed by atoms with Crippen LogP contribution in [0, 0.1) is 0 Å². The third-order valence-corrected chi connectivity index (χ3v) is 5.86. The van der Waals surface area contributed by atoms with Crippen molar-refractivity contribution in [2.24, 2.45) is 0 Å². The summed E-state index contributed by atoms with van der Waals surface area (Å²) in [6.07, 6.45) is 3.68. The van der Waals surface area contributed by atoms with E-state index in [0.717, 1.165) is 11.3 Å². The second kappa shape index (κ2) is 9.96. The van der Waals surface area contributed by atoms with Crippen molar-refractivity contribution in [1.29, 1.82) is 0 Å². The Morgan fingerprint density at radius 3 is 2.82 bits per heavy atom. The van der Waals surface area contributed by atoms with Gasteiger partial charge in [-0.2, -0.15) is 0 Å². The zero-order chi connectivity index (χ0) is 23.4. The molecule has 0 spiro atoms. The van der Waals surface area contributed by atoms with Crippen LogP contribution in [0.1, 0.15) is 17.0 Å². The molecule has 0 atom stereocenters. The van der Waals surface area contributed by atoms with Gasteiger partial charge in [-0.1, -0.05) is 22.8 Å². The summed E-state index contributed by atoms with van der Waals surface area (Å²) in [5, 5.41) is 5.89. The Bertz CT molecular complexity index is 1290. The molecule has 14 heteroatoms. The van der Waals surface area contributed by atoms with Crippen LogP contribution < -0.4 is 15.0 Å². The number of halogens is 1. The molecule has 0 radical (unpaired) electrons. The van der Waals surface area contributed by atoms with Gasteiger partial charge < -0.3 is 19.0 Å². The Kier molecular flexibility index (Phi) is 7.03. The summed E-state index contributed by atoms with van der Waals surface area (Å²) in [5.74, 6) is 1.07. The maximum absolute atomic E-state index is 10.9. The molecule has 0 aliphatic heterocycles. The van der Waals surface area contributed by atoms with E-state index in [-0.39, 0.29) is 12.4 Å². The van der Waals surface area contributed by atoms with Gasteiger partial charge in [0.1, 0.15) is 12.2 Å². The number of thiazole rings is 1. The van der Waals surface area contributed by atoms with Crippen LogP contribution >= 0.6 is 30.8 Å². The number of phosphoric ester groups is 1. The van der Waals surface area contributed by atoms with Crippen molar-refractivity contribution in [2.75, 3.05) is 5.73 Å². The highest BCUT2D eigenvalue weighted by molar-refractivity contribution is 7.46. The number of phosphoric acid groups is 1. The summed E-state index contributed by atoms with van der Waals surface area (Å²) >= 11 is 7.15. The number of nitrogens with zero attached hydrogens (tertiary/aromatic N) is 4. The van der Waals surface area contributed by atoms with Gasteiger partial charge in [-0.05, 0) is 17.7 Å². The average molecular weight is 511 g/mol. The van der Waals surface area contributed by atoms with Gasteiger partial charge in [-0.3, -0.25) is 5.73 Å². The lowest BCUT2D eigenvalue weighted by atomic mass is 10.1. The van der Waals surface area contributed by atoms with Crippen molar-refractivity contribution in [1.82, 2.24) is 15.1 Å². The van der Waals surface area contributed by atoms with Crippen LogP contribution in [0.2, 0.25) is 4.47 Å². The highest BCUT2D eigenvalue weighted by Gasteiger charge is 2.20. The minimum absolute atomic E-state index is 0.207. The normalized spacial score (nSPS) is 11.6. The second-order valence-electron chi connectivity index (χ2n) is 6.77. The Hall–Kier alpha value is -2.86. The van der Waals surface area contributed by atoms with E-state index in [0.29, 0.717) is 33.8 Å². The molecule has 172 valence electrons. The highest BCUT2D eigenvalue weighted by atomic mass is 35.5. The maximum Gasteiger partial charge on any atom is 0.472 e. The molecule has 0 aromatic carbocycles. The van der Waals surface area contributed by atoms with Crippen molar-refractivity contribution >= 4 is 36.6 Å². The Morgan fingerprint density at radius 1 is 1.27 bits per heavy atom. The molecule has 4 heterocycles. The van der Waals surface area contributed by atoms with Crippen LogP contribution in [-0.2, 0) is 28.8 Å². The SMILES string of the molecule is Nc1c(-c2cc(Cc3ccc(OCc4csc(Cl)n4)nc3)no2)ccc[n+]1COP(=O)(O)O. The lowest BCUT2D eigenvalue weighted by Crippen LogP contribution is -2.38.